The Morgan fingerprint density at radius 2 is 2.38 bits per heavy atom. The standard InChI is InChI=1S/C11H16N2O3/c1-12-8-4-3-7-5-9(7)13(11(8)15)6-10(14)16-2/h7-9H,1,3-6H2,2H3. The normalized spacial score (nSPS) is 32.7. The van der Waals surface area contributed by atoms with Gasteiger partial charge < -0.3 is 9.64 Å². The maximum Gasteiger partial charge on any atom is 0.325 e. The van der Waals surface area contributed by atoms with Crippen molar-refractivity contribution in [2.45, 2.75) is 31.3 Å². The largest absolute Gasteiger partial charge is 0.468 e. The third-order valence-corrected chi connectivity index (χ3v) is 3.41. The van der Waals surface area contributed by atoms with Crippen LogP contribution in [0.5, 0.6) is 0 Å². The molecule has 3 atom stereocenters. The molecule has 1 heterocycles. The number of hydrogen-bond acceptors (Lipinski definition) is 4. The fraction of sp³-hybridized carbons (Fsp3) is 0.727. The van der Waals surface area contributed by atoms with E-state index in [1.54, 1.807) is 4.90 Å². The van der Waals surface area contributed by atoms with Gasteiger partial charge in [-0.3, -0.25) is 14.6 Å². The predicted molar refractivity (Wildman–Crippen MR) is 58.2 cm³/mol. The molecule has 0 N–H and O–H groups in total. The molecular weight excluding hydrogens is 208 g/mol. The molecule has 1 amide bonds. The first-order valence-corrected chi connectivity index (χ1v) is 5.50. The molecule has 2 fully saturated rings. The molecular formula is C11H16N2O3. The molecule has 0 aromatic rings. The van der Waals surface area contributed by atoms with Crippen molar-refractivity contribution in [3.8, 4) is 0 Å². The van der Waals surface area contributed by atoms with Crippen molar-refractivity contribution >= 4 is 18.6 Å². The highest BCUT2D eigenvalue weighted by atomic mass is 16.5. The summed E-state index contributed by atoms with van der Waals surface area (Å²) in [6, 6.07) is -0.157. The molecule has 0 radical (unpaired) electrons. The Hall–Kier alpha value is -1.39. The van der Waals surface area contributed by atoms with Crippen LogP contribution < -0.4 is 0 Å². The third kappa shape index (κ3) is 1.94. The average Bonchev–Trinajstić information content (AvgIpc) is 3.05. The second-order valence-electron chi connectivity index (χ2n) is 4.38. The van der Waals surface area contributed by atoms with E-state index in [0.29, 0.717) is 5.92 Å². The fourth-order valence-corrected chi connectivity index (χ4v) is 2.34. The number of aliphatic imine (C=N–C) groups is 1. The van der Waals surface area contributed by atoms with Crippen LogP contribution in [-0.4, -0.2) is 49.2 Å². The van der Waals surface area contributed by atoms with Crippen molar-refractivity contribution in [1.82, 2.24) is 4.90 Å². The van der Waals surface area contributed by atoms with Crippen LogP contribution in [-0.2, 0) is 14.3 Å². The Bertz CT molecular complexity index is 329. The monoisotopic (exact) mass is 224 g/mol. The number of ether oxygens (including phenoxy) is 1. The van der Waals surface area contributed by atoms with Gasteiger partial charge in [-0.1, -0.05) is 0 Å². The van der Waals surface area contributed by atoms with E-state index < -0.39 is 0 Å². The van der Waals surface area contributed by atoms with Gasteiger partial charge in [0.25, 0.3) is 0 Å². The molecule has 0 aromatic carbocycles. The Morgan fingerprint density at radius 3 is 3.00 bits per heavy atom. The highest BCUT2D eigenvalue weighted by Gasteiger charge is 2.48. The Labute approximate surface area is 94.5 Å². The van der Waals surface area contributed by atoms with Crippen LogP contribution in [0.3, 0.4) is 0 Å². The molecule has 5 heteroatoms. The molecule has 88 valence electrons. The average molecular weight is 224 g/mol. The number of nitrogens with zero attached hydrogens (tertiary/aromatic N) is 2. The summed E-state index contributed by atoms with van der Waals surface area (Å²) >= 11 is 0. The number of amides is 1. The van der Waals surface area contributed by atoms with Gasteiger partial charge in [0.05, 0.1) is 7.11 Å². The summed E-state index contributed by atoms with van der Waals surface area (Å²) in [5.74, 6) is 0.0921. The van der Waals surface area contributed by atoms with Gasteiger partial charge in [0.15, 0.2) is 0 Å². The molecule has 0 aromatic heterocycles. The van der Waals surface area contributed by atoms with Crippen LogP contribution in [0.25, 0.3) is 0 Å². The van der Waals surface area contributed by atoms with Crippen molar-refractivity contribution < 1.29 is 14.3 Å². The minimum absolute atomic E-state index is 0.0442. The lowest BCUT2D eigenvalue weighted by Gasteiger charge is -2.22. The van der Waals surface area contributed by atoms with Gasteiger partial charge in [0, 0.05) is 6.04 Å². The molecule has 5 nitrogen and oxygen atoms in total. The Kier molecular flexibility index (Phi) is 2.94. The molecule has 0 bridgehead atoms. The van der Waals surface area contributed by atoms with Crippen molar-refractivity contribution in [3.05, 3.63) is 0 Å². The van der Waals surface area contributed by atoms with Gasteiger partial charge in [-0.05, 0) is 31.9 Å². The first-order valence-electron chi connectivity index (χ1n) is 5.50. The molecule has 2 aliphatic rings. The van der Waals surface area contributed by atoms with Crippen molar-refractivity contribution in [1.29, 1.82) is 0 Å². The van der Waals surface area contributed by atoms with Gasteiger partial charge in [-0.25, -0.2) is 0 Å². The van der Waals surface area contributed by atoms with Crippen LogP contribution >= 0.6 is 0 Å². The quantitative estimate of drug-likeness (QED) is 0.509. The molecule has 2 rings (SSSR count). The number of fused-ring (bicyclic) bond motifs is 1. The van der Waals surface area contributed by atoms with Gasteiger partial charge in [0.1, 0.15) is 12.6 Å². The highest BCUT2D eigenvalue weighted by molar-refractivity contribution is 5.87. The second kappa shape index (κ2) is 4.23. The van der Waals surface area contributed by atoms with Gasteiger partial charge in [-0.15, -0.1) is 0 Å². The number of likely N-dealkylation sites (tertiary alicyclic amines) is 1. The van der Waals surface area contributed by atoms with E-state index in [9.17, 15) is 9.59 Å². The number of hydrogen-bond donors (Lipinski definition) is 0. The smallest absolute Gasteiger partial charge is 0.325 e. The van der Waals surface area contributed by atoms with Crippen molar-refractivity contribution in [2.24, 2.45) is 10.9 Å². The fourth-order valence-electron chi connectivity index (χ4n) is 2.34. The van der Waals surface area contributed by atoms with Gasteiger partial charge >= 0.3 is 5.97 Å². The zero-order chi connectivity index (χ0) is 11.7. The van der Waals surface area contributed by atoms with Gasteiger partial charge in [0.2, 0.25) is 5.91 Å². The molecule has 3 unspecified atom stereocenters. The number of methoxy groups -OCH3 is 1. The number of esters is 1. The third-order valence-electron chi connectivity index (χ3n) is 3.41. The van der Waals surface area contributed by atoms with Crippen LogP contribution in [0.4, 0.5) is 0 Å². The van der Waals surface area contributed by atoms with E-state index in [4.69, 9.17) is 0 Å². The predicted octanol–water partition coefficient (Wildman–Crippen LogP) is 0.240. The minimum atomic E-state index is -0.377. The summed E-state index contributed by atoms with van der Waals surface area (Å²) in [5, 5.41) is 0. The number of carbonyl (C=O) groups is 2. The summed E-state index contributed by atoms with van der Waals surface area (Å²) in [5.41, 5.74) is 0. The van der Waals surface area contributed by atoms with Crippen LogP contribution in [0.15, 0.2) is 4.99 Å². The highest BCUT2D eigenvalue weighted by Crippen LogP contribution is 2.42. The number of rotatable bonds is 3. The van der Waals surface area contributed by atoms with E-state index in [2.05, 4.69) is 16.4 Å². The van der Waals surface area contributed by atoms with E-state index >= 15 is 0 Å². The second-order valence-corrected chi connectivity index (χ2v) is 4.38. The topological polar surface area (TPSA) is 59.0 Å². The zero-order valence-electron chi connectivity index (χ0n) is 9.39. The van der Waals surface area contributed by atoms with E-state index in [0.717, 1.165) is 19.3 Å². The molecule has 1 saturated heterocycles. The van der Waals surface area contributed by atoms with E-state index in [-0.39, 0.29) is 30.5 Å². The Balaban J connectivity index is 2.09. The molecule has 16 heavy (non-hydrogen) atoms. The van der Waals surface area contributed by atoms with Crippen molar-refractivity contribution in [2.75, 3.05) is 13.7 Å². The molecule has 0 spiro atoms. The minimum Gasteiger partial charge on any atom is -0.468 e. The van der Waals surface area contributed by atoms with Crippen molar-refractivity contribution in [3.63, 3.8) is 0 Å². The zero-order valence-corrected chi connectivity index (χ0v) is 9.39. The molecule has 1 aliphatic heterocycles. The first-order chi connectivity index (χ1) is 7.67. The summed E-state index contributed by atoms with van der Waals surface area (Å²) < 4.78 is 4.60. The lowest BCUT2D eigenvalue weighted by atomic mass is 10.1. The van der Waals surface area contributed by atoms with Crippen LogP contribution in [0.2, 0.25) is 0 Å². The lowest BCUT2D eigenvalue weighted by molar-refractivity contribution is -0.147. The molecule has 1 saturated carbocycles. The maximum atomic E-state index is 12.0. The van der Waals surface area contributed by atoms with E-state index in [1.165, 1.54) is 7.11 Å². The number of carbonyl (C=O) groups excluding carboxylic acids is 2. The summed E-state index contributed by atoms with van der Waals surface area (Å²) in [6.45, 7) is 3.48. The van der Waals surface area contributed by atoms with E-state index in [1.807, 2.05) is 0 Å². The lowest BCUT2D eigenvalue weighted by Crippen LogP contribution is -2.42. The summed E-state index contributed by atoms with van der Waals surface area (Å²) in [6.07, 6.45) is 2.76. The van der Waals surface area contributed by atoms with Crippen LogP contribution in [0, 0.1) is 5.92 Å². The SMILES string of the molecule is C=NC1CCC2CC2N(CC(=O)OC)C1=O. The van der Waals surface area contributed by atoms with Crippen LogP contribution in [0.1, 0.15) is 19.3 Å². The summed E-state index contributed by atoms with van der Waals surface area (Å²) in [4.78, 5) is 28.7. The van der Waals surface area contributed by atoms with Gasteiger partial charge in [-0.2, -0.15) is 0 Å². The summed E-state index contributed by atoms with van der Waals surface area (Å²) in [7, 11) is 1.33. The molecule has 1 aliphatic carbocycles. The Morgan fingerprint density at radius 1 is 1.62 bits per heavy atom. The maximum absolute atomic E-state index is 12.0. The first kappa shape index (κ1) is 11.1.